The Balaban J connectivity index is 1.92. The minimum Gasteiger partial charge on any atom is -0.308 e. The van der Waals surface area contributed by atoms with Crippen LogP contribution in [0.3, 0.4) is 0 Å². The van der Waals surface area contributed by atoms with Gasteiger partial charge >= 0.3 is 6.18 Å². The molecule has 1 N–H and O–H groups in total. The zero-order valence-electron chi connectivity index (χ0n) is 10.9. The first-order chi connectivity index (χ1) is 9.93. The fourth-order valence-corrected chi connectivity index (χ4v) is 2.47. The summed E-state index contributed by atoms with van der Waals surface area (Å²) in [5.74, 6) is 0. The topological polar surface area (TPSA) is 42.7 Å². The molecular formula is C13H12BrF3N4. The SMILES string of the molecule is FC(F)(F)c1cc(Br)cc(-n2nncc2CNC2CC2)c1. The molecule has 0 radical (unpaired) electrons. The Morgan fingerprint density at radius 3 is 2.71 bits per heavy atom. The van der Waals surface area contributed by atoms with Crippen molar-refractivity contribution in [2.24, 2.45) is 0 Å². The van der Waals surface area contributed by atoms with E-state index in [1.165, 1.54) is 4.68 Å². The predicted molar refractivity (Wildman–Crippen MR) is 73.9 cm³/mol. The van der Waals surface area contributed by atoms with Crippen LogP contribution in [0, 0.1) is 0 Å². The van der Waals surface area contributed by atoms with Crippen LogP contribution >= 0.6 is 15.9 Å². The van der Waals surface area contributed by atoms with Gasteiger partial charge in [-0.15, -0.1) is 5.10 Å². The lowest BCUT2D eigenvalue weighted by molar-refractivity contribution is -0.137. The third-order valence-corrected chi connectivity index (χ3v) is 3.68. The van der Waals surface area contributed by atoms with Crippen LogP contribution in [0.1, 0.15) is 24.1 Å². The highest BCUT2D eigenvalue weighted by Gasteiger charge is 2.31. The number of hydrogen-bond acceptors (Lipinski definition) is 3. The molecule has 21 heavy (non-hydrogen) atoms. The van der Waals surface area contributed by atoms with Crippen LogP contribution in [0.2, 0.25) is 0 Å². The summed E-state index contributed by atoms with van der Waals surface area (Å²) in [6.45, 7) is 0.533. The summed E-state index contributed by atoms with van der Waals surface area (Å²) >= 11 is 3.11. The maximum Gasteiger partial charge on any atom is 0.416 e. The summed E-state index contributed by atoms with van der Waals surface area (Å²) < 4.78 is 40.4. The van der Waals surface area contributed by atoms with Crippen LogP contribution in [0.5, 0.6) is 0 Å². The van der Waals surface area contributed by atoms with Gasteiger partial charge in [-0.3, -0.25) is 0 Å². The first-order valence-corrected chi connectivity index (χ1v) is 7.24. The highest BCUT2D eigenvalue weighted by Crippen LogP contribution is 2.33. The van der Waals surface area contributed by atoms with Gasteiger partial charge in [0.15, 0.2) is 0 Å². The number of alkyl halides is 3. The van der Waals surface area contributed by atoms with Gasteiger partial charge in [-0.05, 0) is 31.0 Å². The number of nitrogens with one attached hydrogen (secondary N) is 1. The molecule has 112 valence electrons. The van der Waals surface area contributed by atoms with E-state index in [1.807, 2.05) is 0 Å². The Morgan fingerprint density at radius 1 is 1.29 bits per heavy atom. The molecular weight excluding hydrogens is 349 g/mol. The smallest absolute Gasteiger partial charge is 0.308 e. The van der Waals surface area contributed by atoms with Crippen LogP contribution in [0.4, 0.5) is 13.2 Å². The van der Waals surface area contributed by atoms with Gasteiger partial charge in [-0.1, -0.05) is 21.1 Å². The molecule has 0 amide bonds. The van der Waals surface area contributed by atoms with Crippen LogP contribution in [-0.4, -0.2) is 21.0 Å². The fourth-order valence-electron chi connectivity index (χ4n) is 1.99. The van der Waals surface area contributed by atoms with E-state index in [-0.39, 0.29) is 0 Å². The van der Waals surface area contributed by atoms with Gasteiger partial charge < -0.3 is 5.32 Å². The molecule has 0 aliphatic heterocycles. The molecule has 1 aliphatic carbocycles. The number of aromatic nitrogens is 3. The van der Waals surface area contributed by atoms with Crippen molar-refractivity contribution in [3.63, 3.8) is 0 Å². The number of benzene rings is 1. The summed E-state index contributed by atoms with van der Waals surface area (Å²) in [7, 11) is 0. The van der Waals surface area contributed by atoms with Crippen molar-refractivity contribution >= 4 is 15.9 Å². The van der Waals surface area contributed by atoms with Crippen LogP contribution in [-0.2, 0) is 12.7 Å². The van der Waals surface area contributed by atoms with E-state index >= 15 is 0 Å². The Bertz CT molecular complexity index is 649. The second kappa shape index (κ2) is 5.42. The van der Waals surface area contributed by atoms with Crippen molar-refractivity contribution in [2.75, 3.05) is 0 Å². The molecule has 1 aromatic carbocycles. The molecule has 1 fully saturated rings. The van der Waals surface area contributed by atoms with Gasteiger partial charge in [0.1, 0.15) is 0 Å². The monoisotopic (exact) mass is 360 g/mol. The summed E-state index contributed by atoms with van der Waals surface area (Å²) in [6.07, 6.45) is -0.567. The van der Waals surface area contributed by atoms with Gasteiger partial charge in [0.25, 0.3) is 0 Å². The molecule has 3 rings (SSSR count). The molecule has 1 aromatic heterocycles. The van der Waals surface area contributed by atoms with Crippen LogP contribution in [0.15, 0.2) is 28.9 Å². The van der Waals surface area contributed by atoms with Gasteiger partial charge in [-0.25, -0.2) is 4.68 Å². The van der Waals surface area contributed by atoms with Gasteiger partial charge in [0.05, 0.1) is 23.1 Å². The lowest BCUT2D eigenvalue weighted by Gasteiger charge is -2.11. The number of rotatable bonds is 4. The molecule has 0 bridgehead atoms. The molecule has 2 aromatic rings. The van der Waals surface area contributed by atoms with Crippen molar-refractivity contribution in [2.45, 2.75) is 31.6 Å². The van der Waals surface area contributed by atoms with Crippen LogP contribution in [0.25, 0.3) is 5.69 Å². The van der Waals surface area contributed by atoms with E-state index in [0.29, 0.717) is 22.7 Å². The molecule has 1 aliphatic rings. The van der Waals surface area contributed by atoms with Crippen molar-refractivity contribution in [1.82, 2.24) is 20.3 Å². The van der Waals surface area contributed by atoms with Gasteiger partial charge in [0.2, 0.25) is 0 Å². The molecule has 0 atom stereocenters. The average Bonchev–Trinajstić information content (AvgIpc) is 3.11. The minimum atomic E-state index is -4.40. The van der Waals surface area contributed by atoms with Gasteiger partial charge in [-0.2, -0.15) is 13.2 Å². The van der Waals surface area contributed by atoms with E-state index in [4.69, 9.17) is 0 Å². The summed E-state index contributed by atoms with van der Waals surface area (Å²) in [5, 5.41) is 11.0. The van der Waals surface area contributed by atoms with E-state index < -0.39 is 11.7 Å². The second-order valence-electron chi connectivity index (χ2n) is 4.99. The number of halogens is 4. The Morgan fingerprint density at radius 2 is 2.05 bits per heavy atom. The van der Waals surface area contributed by atoms with Crippen molar-refractivity contribution < 1.29 is 13.2 Å². The Kier molecular flexibility index (Phi) is 3.75. The normalized spacial score (nSPS) is 15.4. The molecule has 4 nitrogen and oxygen atoms in total. The van der Waals surface area contributed by atoms with Crippen LogP contribution < -0.4 is 5.32 Å². The fraction of sp³-hybridized carbons (Fsp3) is 0.385. The molecule has 8 heteroatoms. The molecule has 0 unspecified atom stereocenters. The van der Waals surface area contributed by atoms with E-state index in [9.17, 15) is 13.2 Å². The summed E-state index contributed by atoms with van der Waals surface area (Å²) in [5.41, 5.74) is 0.346. The van der Waals surface area contributed by atoms with Gasteiger partial charge in [0, 0.05) is 17.1 Å². The van der Waals surface area contributed by atoms with Crippen molar-refractivity contribution in [3.05, 3.63) is 40.1 Å². The average molecular weight is 361 g/mol. The van der Waals surface area contributed by atoms with E-state index in [2.05, 4.69) is 31.6 Å². The summed E-state index contributed by atoms with van der Waals surface area (Å²) in [6, 6.07) is 4.20. The largest absolute Gasteiger partial charge is 0.416 e. The molecule has 1 saturated carbocycles. The van der Waals surface area contributed by atoms with E-state index in [0.717, 1.165) is 30.7 Å². The maximum atomic E-state index is 12.9. The van der Waals surface area contributed by atoms with Crippen molar-refractivity contribution in [1.29, 1.82) is 0 Å². The standard InChI is InChI=1S/C13H12BrF3N4/c14-9-3-8(13(15,16)17)4-11(5-9)21-12(7-19-20-21)6-18-10-1-2-10/h3-5,7,10,18H,1-2,6H2. The predicted octanol–water partition coefficient (Wildman–Crippen LogP) is 3.30. The molecule has 0 spiro atoms. The highest BCUT2D eigenvalue weighted by atomic mass is 79.9. The van der Waals surface area contributed by atoms with E-state index in [1.54, 1.807) is 12.3 Å². The number of hydrogen-bond donors (Lipinski definition) is 1. The lowest BCUT2D eigenvalue weighted by Crippen LogP contribution is -2.18. The lowest BCUT2D eigenvalue weighted by atomic mass is 10.2. The molecule has 1 heterocycles. The Hall–Kier alpha value is -1.41. The second-order valence-corrected chi connectivity index (χ2v) is 5.90. The first kappa shape index (κ1) is 14.5. The Labute approximate surface area is 127 Å². The highest BCUT2D eigenvalue weighted by molar-refractivity contribution is 9.10. The van der Waals surface area contributed by atoms with Crippen molar-refractivity contribution in [3.8, 4) is 5.69 Å². The third-order valence-electron chi connectivity index (χ3n) is 3.22. The zero-order chi connectivity index (χ0) is 15.0. The summed E-state index contributed by atoms with van der Waals surface area (Å²) in [4.78, 5) is 0. The first-order valence-electron chi connectivity index (χ1n) is 6.44. The third kappa shape index (κ3) is 3.44. The quantitative estimate of drug-likeness (QED) is 0.909. The molecule has 0 saturated heterocycles. The number of nitrogens with zero attached hydrogens (tertiary/aromatic N) is 3. The maximum absolute atomic E-state index is 12.9. The zero-order valence-corrected chi connectivity index (χ0v) is 12.4. The minimum absolute atomic E-state index is 0.335.